The zero-order valence-corrected chi connectivity index (χ0v) is 21.5. The Morgan fingerprint density at radius 1 is 1.20 bits per heavy atom. The predicted molar refractivity (Wildman–Crippen MR) is 140 cm³/mol. The number of nitrogens with one attached hydrogen (secondary N) is 1. The number of methoxy groups -OCH3 is 1. The third-order valence-electron chi connectivity index (χ3n) is 7.28. The first-order chi connectivity index (χ1) is 17.0. The Hall–Kier alpha value is -2.90. The van der Waals surface area contributed by atoms with E-state index in [0.717, 1.165) is 66.6 Å². The maximum Gasteiger partial charge on any atom is 0.310 e. The number of ether oxygens (including phenoxy) is 2. The van der Waals surface area contributed by atoms with E-state index < -0.39 is 0 Å². The third-order valence-corrected chi connectivity index (χ3v) is 8.18. The number of carbonyl (C=O) groups is 1. The first-order valence-corrected chi connectivity index (χ1v) is 13.2. The summed E-state index contributed by atoms with van der Waals surface area (Å²) in [5.74, 6) is 0.669. The van der Waals surface area contributed by atoms with Crippen molar-refractivity contribution in [2.24, 2.45) is 5.92 Å². The quantitative estimate of drug-likeness (QED) is 0.505. The molecule has 0 radical (unpaired) electrons. The van der Waals surface area contributed by atoms with Crippen LogP contribution in [0.2, 0.25) is 0 Å². The van der Waals surface area contributed by atoms with Crippen LogP contribution >= 0.6 is 11.3 Å². The number of thiazole rings is 1. The van der Waals surface area contributed by atoms with E-state index in [1.165, 1.54) is 29.4 Å². The molecular weight excluding hydrogens is 458 g/mol. The van der Waals surface area contributed by atoms with E-state index in [2.05, 4.69) is 59.8 Å². The fourth-order valence-corrected chi connectivity index (χ4v) is 6.05. The molecular formula is C28H33N3O3S. The van der Waals surface area contributed by atoms with Crippen molar-refractivity contribution in [3.63, 3.8) is 0 Å². The molecule has 0 aliphatic carbocycles. The number of aryl methyl sites for hydroxylation is 1. The molecule has 1 atom stereocenters. The number of hydrogen-bond acceptors (Lipinski definition) is 7. The van der Waals surface area contributed by atoms with Gasteiger partial charge in [0.15, 0.2) is 5.13 Å². The highest BCUT2D eigenvalue weighted by Gasteiger charge is 2.30. The molecule has 1 saturated heterocycles. The maximum absolute atomic E-state index is 11.9. The summed E-state index contributed by atoms with van der Waals surface area (Å²) in [4.78, 5) is 19.0. The summed E-state index contributed by atoms with van der Waals surface area (Å²) < 4.78 is 11.4. The number of anilines is 1. The summed E-state index contributed by atoms with van der Waals surface area (Å²) in [5.41, 5.74) is 8.54. The lowest BCUT2D eigenvalue weighted by Gasteiger charge is -2.17. The van der Waals surface area contributed by atoms with Gasteiger partial charge in [0.05, 0.1) is 18.7 Å². The molecule has 1 fully saturated rings. The van der Waals surface area contributed by atoms with Gasteiger partial charge in [-0.05, 0) is 80.1 Å². The van der Waals surface area contributed by atoms with Gasteiger partial charge in [-0.3, -0.25) is 4.79 Å². The monoisotopic (exact) mass is 491 g/mol. The molecule has 0 spiro atoms. The van der Waals surface area contributed by atoms with Gasteiger partial charge in [0.25, 0.3) is 0 Å². The van der Waals surface area contributed by atoms with Crippen molar-refractivity contribution in [2.75, 3.05) is 38.2 Å². The minimum absolute atomic E-state index is 0.0786. The van der Waals surface area contributed by atoms with Crippen LogP contribution in [0.3, 0.4) is 0 Å². The molecule has 3 aromatic rings. The molecule has 0 amide bonds. The lowest BCUT2D eigenvalue weighted by Crippen LogP contribution is -2.23. The molecule has 1 unspecified atom stereocenters. The van der Waals surface area contributed by atoms with Crippen molar-refractivity contribution in [1.29, 1.82) is 0 Å². The van der Waals surface area contributed by atoms with Crippen LogP contribution in [0.4, 0.5) is 5.13 Å². The Balaban J connectivity index is 1.35. The highest BCUT2D eigenvalue weighted by atomic mass is 32.1. The van der Waals surface area contributed by atoms with Gasteiger partial charge in [0.2, 0.25) is 0 Å². The molecule has 184 valence electrons. The lowest BCUT2D eigenvalue weighted by molar-refractivity contribution is -0.144. The Kier molecular flexibility index (Phi) is 7.07. The van der Waals surface area contributed by atoms with Crippen LogP contribution in [0, 0.1) is 19.8 Å². The van der Waals surface area contributed by atoms with Crippen LogP contribution in [-0.2, 0) is 29.0 Å². The van der Waals surface area contributed by atoms with Gasteiger partial charge in [-0.25, -0.2) is 4.98 Å². The molecule has 2 aromatic carbocycles. The van der Waals surface area contributed by atoms with Gasteiger partial charge >= 0.3 is 5.97 Å². The topological polar surface area (TPSA) is 63.7 Å². The highest BCUT2D eigenvalue weighted by Crippen LogP contribution is 2.37. The number of aromatic nitrogens is 1. The zero-order valence-electron chi connectivity index (χ0n) is 20.7. The van der Waals surface area contributed by atoms with Gasteiger partial charge in [-0.2, -0.15) is 0 Å². The number of benzene rings is 2. The molecule has 0 bridgehead atoms. The highest BCUT2D eigenvalue weighted by molar-refractivity contribution is 7.14. The third kappa shape index (κ3) is 4.93. The minimum atomic E-state index is -0.136. The number of esters is 1. The van der Waals surface area contributed by atoms with Gasteiger partial charge in [-0.1, -0.05) is 24.3 Å². The first-order valence-electron chi connectivity index (χ1n) is 12.4. The van der Waals surface area contributed by atoms with E-state index in [9.17, 15) is 4.79 Å². The van der Waals surface area contributed by atoms with Crippen molar-refractivity contribution in [3.05, 3.63) is 63.5 Å². The number of hydrogen-bond donors (Lipinski definition) is 1. The fraction of sp³-hybridized carbons (Fsp3) is 0.429. The summed E-state index contributed by atoms with van der Waals surface area (Å²) in [7, 11) is 1.45. The average Bonchev–Trinajstić information content (AvgIpc) is 3.49. The normalized spacial score (nSPS) is 17.7. The number of carbonyl (C=O) groups excluding carboxylic acids is 1. The molecule has 3 heterocycles. The summed E-state index contributed by atoms with van der Waals surface area (Å²) in [6.07, 6.45) is 2.96. The number of fused-ring (bicyclic) bond motifs is 1. The number of nitrogens with zero attached hydrogens (tertiary/aromatic N) is 2. The number of rotatable bonds is 6. The minimum Gasteiger partial charge on any atom is -0.488 e. The second-order valence-electron chi connectivity index (χ2n) is 9.45. The first kappa shape index (κ1) is 23.8. The van der Waals surface area contributed by atoms with Crippen molar-refractivity contribution in [2.45, 2.75) is 39.7 Å². The second-order valence-corrected chi connectivity index (χ2v) is 10.3. The smallest absolute Gasteiger partial charge is 0.310 e. The van der Waals surface area contributed by atoms with Gasteiger partial charge < -0.3 is 19.7 Å². The van der Waals surface area contributed by atoms with Gasteiger partial charge in [0.1, 0.15) is 12.4 Å². The fourth-order valence-electron chi connectivity index (χ4n) is 5.18. The summed E-state index contributed by atoms with van der Waals surface area (Å²) >= 11 is 1.61. The lowest BCUT2D eigenvalue weighted by atomic mass is 9.94. The predicted octanol–water partition coefficient (Wildman–Crippen LogP) is 4.69. The molecule has 6 nitrogen and oxygen atoms in total. The van der Waals surface area contributed by atoms with Crippen molar-refractivity contribution >= 4 is 22.4 Å². The van der Waals surface area contributed by atoms with Crippen molar-refractivity contribution < 1.29 is 14.3 Å². The molecule has 0 saturated carbocycles. The van der Waals surface area contributed by atoms with Gasteiger partial charge in [-0.15, -0.1) is 11.3 Å². The van der Waals surface area contributed by atoms with Crippen LogP contribution in [-0.4, -0.2) is 44.2 Å². The summed E-state index contributed by atoms with van der Waals surface area (Å²) in [5, 5.41) is 6.53. The van der Waals surface area contributed by atoms with Crippen LogP contribution in [0.5, 0.6) is 5.75 Å². The SMILES string of the molecule is COC(=O)C1CCN(c2nc(-c3cccc(C)c3OCc3ccc4c(c3C)CCNCC4)cs2)C1. The standard InChI is InChI=1S/C28H33N3O3S/c1-18-5-4-6-24(25-17-35-28(30-25)31-14-11-21(15-31)27(32)33-3)26(18)34-16-22-8-7-20-9-12-29-13-10-23(20)19(22)2/h4-8,17,21,29H,9-16H2,1-3H3. The largest absolute Gasteiger partial charge is 0.488 e. The molecule has 2 aliphatic heterocycles. The van der Waals surface area contributed by atoms with E-state index in [1.807, 2.05) is 0 Å². The van der Waals surface area contributed by atoms with Crippen molar-refractivity contribution in [3.8, 4) is 17.0 Å². The molecule has 2 aliphatic rings. The molecule has 5 rings (SSSR count). The Morgan fingerprint density at radius 2 is 2.06 bits per heavy atom. The van der Waals surface area contributed by atoms with Crippen molar-refractivity contribution in [1.82, 2.24) is 10.3 Å². The van der Waals surface area contributed by atoms with E-state index >= 15 is 0 Å². The van der Waals surface area contributed by atoms with Crippen LogP contribution in [0.15, 0.2) is 35.7 Å². The summed E-state index contributed by atoms with van der Waals surface area (Å²) in [6, 6.07) is 10.7. The van der Waals surface area contributed by atoms with E-state index in [1.54, 1.807) is 11.3 Å². The van der Waals surface area contributed by atoms with E-state index in [0.29, 0.717) is 13.2 Å². The molecule has 35 heavy (non-hydrogen) atoms. The Morgan fingerprint density at radius 3 is 2.91 bits per heavy atom. The zero-order chi connectivity index (χ0) is 24.4. The average molecular weight is 492 g/mol. The molecule has 7 heteroatoms. The van der Waals surface area contributed by atoms with E-state index in [4.69, 9.17) is 14.5 Å². The van der Waals surface area contributed by atoms with Crippen LogP contribution in [0.25, 0.3) is 11.3 Å². The van der Waals surface area contributed by atoms with Crippen LogP contribution in [0.1, 0.15) is 34.2 Å². The molecule has 1 aromatic heterocycles. The maximum atomic E-state index is 11.9. The van der Waals surface area contributed by atoms with Crippen LogP contribution < -0.4 is 15.0 Å². The Bertz CT molecular complexity index is 1220. The van der Waals surface area contributed by atoms with Gasteiger partial charge in [0, 0.05) is 24.0 Å². The Labute approximate surface area is 211 Å². The number of para-hydroxylation sites is 1. The second kappa shape index (κ2) is 10.4. The van der Waals surface area contributed by atoms with E-state index in [-0.39, 0.29) is 11.9 Å². The molecule has 1 N–H and O–H groups in total. The summed E-state index contributed by atoms with van der Waals surface area (Å²) in [6.45, 7) is 8.40.